The smallest absolute Gasteiger partial charge is 0.289 e. The Hall–Kier alpha value is -2.10. The van der Waals surface area contributed by atoms with Crippen LogP contribution in [-0.4, -0.2) is 17.6 Å². The van der Waals surface area contributed by atoms with Crippen molar-refractivity contribution < 1.29 is 9.32 Å². The summed E-state index contributed by atoms with van der Waals surface area (Å²) in [5.41, 5.74) is 2.07. The van der Waals surface area contributed by atoms with Crippen molar-refractivity contribution in [1.82, 2.24) is 10.5 Å². The third kappa shape index (κ3) is 4.45. The Bertz CT molecular complexity index is 563. The van der Waals surface area contributed by atoms with Crippen molar-refractivity contribution in [3.05, 3.63) is 53.4 Å². The molecular formula is C17H22N2O2. The lowest BCUT2D eigenvalue weighted by Crippen LogP contribution is -2.23. The molecule has 0 fully saturated rings. The third-order valence-corrected chi connectivity index (χ3v) is 3.48. The Kier molecular flexibility index (Phi) is 5.55. The Morgan fingerprint density at radius 1 is 1.33 bits per heavy atom. The zero-order chi connectivity index (χ0) is 15.1. The van der Waals surface area contributed by atoms with Crippen LogP contribution in [0.4, 0.5) is 0 Å². The first-order valence-corrected chi connectivity index (χ1v) is 7.49. The number of benzene rings is 1. The molecule has 0 unspecified atom stereocenters. The van der Waals surface area contributed by atoms with E-state index in [-0.39, 0.29) is 5.91 Å². The molecule has 1 N–H and O–H groups in total. The van der Waals surface area contributed by atoms with Gasteiger partial charge in [0, 0.05) is 12.6 Å². The van der Waals surface area contributed by atoms with E-state index in [1.54, 1.807) is 6.07 Å². The Balaban J connectivity index is 1.92. The van der Waals surface area contributed by atoms with E-state index in [4.69, 9.17) is 4.52 Å². The van der Waals surface area contributed by atoms with Crippen molar-refractivity contribution >= 4 is 5.91 Å². The Morgan fingerprint density at radius 2 is 2.10 bits per heavy atom. The second kappa shape index (κ2) is 7.62. The van der Waals surface area contributed by atoms with Crippen LogP contribution in [0.25, 0.3) is 0 Å². The summed E-state index contributed by atoms with van der Waals surface area (Å²) in [5, 5.41) is 6.82. The number of nitrogens with zero attached hydrogens (tertiary/aromatic N) is 1. The van der Waals surface area contributed by atoms with Crippen molar-refractivity contribution in [3.8, 4) is 0 Å². The highest BCUT2D eigenvalue weighted by molar-refractivity contribution is 5.91. The molecule has 2 aromatic rings. The van der Waals surface area contributed by atoms with Gasteiger partial charge in [0.05, 0.1) is 5.69 Å². The van der Waals surface area contributed by atoms with Gasteiger partial charge in [-0.2, -0.15) is 0 Å². The molecule has 0 radical (unpaired) electrons. The van der Waals surface area contributed by atoms with Crippen LogP contribution in [-0.2, 0) is 6.42 Å². The van der Waals surface area contributed by atoms with Crippen molar-refractivity contribution in [3.63, 3.8) is 0 Å². The van der Waals surface area contributed by atoms with Gasteiger partial charge in [0.25, 0.3) is 5.91 Å². The van der Waals surface area contributed by atoms with Crippen molar-refractivity contribution in [2.75, 3.05) is 6.54 Å². The fourth-order valence-corrected chi connectivity index (χ4v) is 2.19. The van der Waals surface area contributed by atoms with Crippen LogP contribution in [0.1, 0.15) is 54.4 Å². The maximum Gasteiger partial charge on any atom is 0.289 e. The Morgan fingerprint density at radius 3 is 2.81 bits per heavy atom. The normalized spacial score (nSPS) is 12.1. The van der Waals surface area contributed by atoms with E-state index >= 15 is 0 Å². The zero-order valence-corrected chi connectivity index (χ0v) is 12.6. The Labute approximate surface area is 125 Å². The van der Waals surface area contributed by atoms with Crippen LogP contribution in [0, 0.1) is 0 Å². The van der Waals surface area contributed by atoms with Gasteiger partial charge in [-0.1, -0.05) is 55.8 Å². The number of aromatic nitrogens is 1. The van der Waals surface area contributed by atoms with Crippen LogP contribution < -0.4 is 5.32 Å². The number of hydrogen-bond donors (Lipinski definition) is 1. The van der Waals surface area contributed by atoms with E-state index < -0.39 is 0 Å². The third-order valence-electron chi connectivity index (χ3n) is 3.48. The van der Waals surface area contributed by atoms with Crippen molar-refractivity contribution in [2.45, 2.75) is 39.0 Å². The summed E-state index contributed by atoms with van der Waals surface area (Å²) in [6.45, 7) is 4.90. The SMILES string of the molecule is CCCCNC(=O)c1cc(C[C@H](C)c2ccccc2)no1. The molecule has 1 aromatic carbocycles. The second-order valence-electron chi connectivity index (χ2n) is 5.31. The lowest BCUT2D eigenvalue weighted by Gasteiger charge is -2.08. The minimum atomic E-state index is -0.186. The van der Waals surface area contributed by atoms with Crippen LogP contribution in [0.2, 0.25) is 0 Å². The summed E-state index contributed by atoms with van der Waals surface area (Å²) < 4.78 is 5.13. The van der Waals surface area contributed by atoms with Gasteiger partial charge in [-0.05, 0) is 24.3 Å². The van der Waals surface area contributed by atoms with Crippen molar-refractivity contribution in [2.24, 2.45) is 0 Å². The molecule has 0 aliphatic heterocycles. The number of rotatable bonds is 7. The van der Waals surface area contributed by atoms with E-state index in [0.29, 0.717) is 18.2 Å². The van der Waals surface area contributed by atoms with E-state index in [1.807, 2.05) is 18.2 Å². The summed E-state index contributed by atoms with van der Waals surface area (Å²) in [6.07, 6.45) is 2.78. The average Bonchev–Trinajstić information content (AvgIpc) is 2.97. The van der Waals surface area contributed by atoms with Crippen molar-refractivity contribution in [1.29, 1.82) is 0 Å². The fourth-order valence-electron chi connectivity index (χ4n) is 2.19. The standard InChI is InChI=1S/C17H22N2O2/c1-3-4-10-18-17(20)16-12-15(19-21-16)11-13(2)14-8-6-5-7-9-14/h5-9,12-13H,3-4,10-11H2,1-2H3,(H,18,20)/t13-/m0/s1. The molecule has 0 saturated carbocycles. The largest absolute Gasteiger partial charge is 0.351 e. The number of amides is 1. The van der Waals surface area contributed by atoms with Gasteiger partial charge < -0.3 is 9.84 Å². The molecule has 0 bridgehead atoms. The minimum Gasteiger partial charge on any atom is -0.351 e. The van der Waals surface area contributed by atoms with Gasteiger partial charge in [0.1, 0.15) is 0 Å². The topological polar surface area (TPSA) is 55.1 Å². The van der Waals surface area contributed by atoms with Crippen LogP contribution >= 0.6 is 0 Å². The van der Waals surface area contributed by atoms with E-state index in [9.17, 15) is 4.79 Å². The van der Waals surface area contributed by atoms with Gasteiger partial charge in [-0.15, -0.1) is 0 Å². The highest BCUT2D eigenvalue weighted by Crippen LogP contribution is 2.19. The molecule has 21 heavy (non-hydrogen) atoms. The average molecular weight is 286 g/mol. The quantitative estimate of drug-likeness (QED) is 0.792. The van der Waals surface area contributed by atoms with Gasteiger partial charge in [0.2, 0.25) is 5.76 Å². The van der Waals surface area contributed by atoms with E-state index in [1.165, 1.54) is 5.56 Å². The van der Waals surface area contributed by atoms with Crippen LogP contribution in [0.3, 0.4) is 0 Å². The molecule has 4 nitrogen and oxygen atoms in total. The number of carbonyl (C=O) groups is 1. The first kappa shape index (κ1) is 15.3. The maximum atomic E-state index is 11.8. The molecule has 0 aliphatic rings. The van der Waals surface area contributed by atoms with Gasteiger partial charge >= 0.3 is 0 Å². The molecule has 1 atom stereocenters. The summed E-state index contributed by atoms with van der Waals surface area (Å²) in [6, 6.07) is 12.0. The lowest BCUT2D eigenvalue weighted by atomic mass is 9.96. The van der Waals surface area contributed by atoms with E-state index in [2.05, 4.69) is 36.5 Å². The van der Waals surface area contributed by atoms with Gasteiger partial charge in [0.15, 0.2) is 0 Å². The number of unbranched alkanes of at least 4 members (excludes halogenated alkanes) is 1. The molecule has 112 valence electrons. The molecule has 1 amide bonds. The predicted octanol–water partition coefficient (Wildman–Crippen LogP) is 3.55. The van der Waals surface area contributed by atoms with Crippen LogP contribution in [0.15, 0.2) is 40.9 Å². The second-order valence-corrected chi connectivity index (χ2v) is 5.31. The van der Waals surface area contributed by atoms with Gasteiger partial charge in [-0.3, -0.25) is 4.79 Å². The highest BCUT2D eigenvalue weighted by atomic mass is 16.5. The number of nitrogens with one attached hydrogen (secondary N) is 1. The highest BCUT2D eigenvalue weighted by Gasteiger charge is 2.14. The zero-order valence-electron chi connectivity index (χ0n) is 12.6. The molecule has 0 spiro atoms. The summed E-state index contributed by atoms with van der Waals surface area (Å²) in [5.74, 6) is 0.447. The predicted molar refractivity (Wildman–Crippen MR) is 82.3 cm³/mol. The molecule has 2 rings (SSSR count). The molecule has 1 heterocycles. The monoisotopic (exact) mass is 286 g/mol. The molecule has 4 heteroatoms. The summed E-state index contributed by atoms with van der Waals surface area (Å²) in [4.78, 5) is 11.8. The first-order valence-electron chi connectivity index (χ1n) is 7.49. The molecular weight excluding hydrogens is 264 g/mol. The summed E-state index contributed by atoms with van der Waals surface area (Å²) >= 11 is 0. The minimum absolute atomic E-state index is 0.186. The fraction of sp³-hybridized carbons (Fsp3) is 0.412. The molecule has 1 aromatic heterocycles. The summed E-state index contributed by atoms with van der Waals surface area (Å²) in [7, 11) is 0. The first-order chi connectivity index (χ1) is 10.2. The van der Waals surface area contributed by atoms with E-state index in [0.717, 1.165) is 25.0 Å². The molecule has 0 aliphatic carbocycles. The van der Waals surface area contributed by atoms with Gasteiger partial charge in [-0.25, -0.2) is 0 Å². The maximum absolute atomic E-state index is 11.8. The van der Waals surface area contributed by atoms with Crippen LogP contribution in [0.5, 0.6) is 0 Å². The lowest BCUT2D eigenvalue weighted by molar-refractivity contribution is 0.0916. The molecule has 0 saturated heterocycles. The number of carbonyl (C=O) groups excluding carboxylic acids is 1. The number of hydrogen-bond acceptors (Lipinski definition) is 3.